The van der Waals surface area contributed by atoms with E-state index in [2.05, 4.69) is 32.0 Å². The summed E-state index contributed by atoms with van der Waals surface area (Å²) in [6.07, 6.45) is 1.45. The highest BCUT2D eigenvalue weighted by Gasteiger charge is 2.14. The number of fused-ring (bicyclic) bond motifs is 3. The first kappa shape index (κ1) is 14.3. The molecule has 108 valence electrons. The van der Waals surface area contributed by atoms with Gasteiger partial charge in [0.2, 0.25) is 0 Å². The Morgan fingerprint density at radius 3 is 2.25 bits per heavy atom. The lowest BCUT2D eigenvalue weighted by molar-refractivity contribution is 0.193. The number of phosphoric acid groups is 1. The molecule has 3 heterocycles. The van der Waals surface area contributed by atoms with Crippen molar-refractivity contribution in [2.24, 2.45) is 0 Å². The maximum atomic E-state index is 10.6. The van der Waals surface area contributed by atoms with Crippen LogP contribution in [-0.4, -0.2) is 21.0 Å². The first-order valence-electron chi connectivity index (χ1n) is 6.19. The number of aromatic nitrogens is 1. The lowest BCUT2D eigenvalue weighted by Crippen LogP contribution is -1.99. The zero-order chi connectivity index (χ0) is 14.2. The van der Waals surface area contributed by atoms with Crippen molar-refractivity contribution in [3.05, 3.63) is 22.9 Å². The van der Waals surface area contributed by atoms with Crippen molar-refractivity contribution in [1.82, 2.24) is 4.57 Å². The average molecular weight is 331 g/mol. The Morgan fingerprint density at radius 2 is 1.70 bits per heavy atom. The molecule has 0 unspecified atom stereocenters. The molecule has 20 heavy (non-hydrogen) atoms. The Morgan fingerprint density at radius 1 is 1.10 bits per heavy atom. The summed E-state index contributed by atoms with van der Waals surface area (Å²) in [5, 5.41) is 4.19. The Labute approximate surface area is 123 Å². The quantitative estimate of drug-likeness (QED) is 0.532. The lowest BCUT2D eigenvalue weighted by atomic mass is 10.3. The third-order valence-corrected chi connectivity index (χ3v) is 5.60. The standard InChI is InChI=1S/C12H14NO4PS2/c14-18(15,16)17-6-2-1-5-13-9-3-7-19-11(9)12-10(13)4-8-20-12/h3-4,7-8H,1-2,5-6H2,(H2,14,15,16). The topological polar surface area (TPSA) is 71.7 Å². The average Bonchev–Trinajstić information content (AvgIpc) is 3.02. The van der Waals surface area contributed by atoms with E-state index in [0.717, 1.165) is 13.0 Å². The van der Waals surface area contributed by atoms with E-state index in [1.807, 2.05) is 0 Å². The Bertz CT molecular complexity index is 721. The number of thiophene rings is 2. The van der Waals surface area contributed by atoms with Gasteiger partial charge in [-0.2, -0.15) is 0 Å². The second-order valence-corrected chi connectivity index (χ2v) is 7.52. The zero-order valence-electron chi connectivity index (χ0n) is 10.6. The molecule has 3 rings (SSSR count). The summed E-state index contributed by atoms with van der Waals surface area (Å²) in [5.41, 5.74) is 2.49. The second-order valence-electron chi connectivity index (χ2n) is 4.45. The smallest absolute Gasteiger partial charge is 0.339 e. The largest absolute Gasteiger partial charge is 0.469 e. The molecular formula is C12H14NO4PS2. The van der Waals surface area contributed by atoms with Crippen molar-refractivity contribution in [2.75, 3.05) is 6.61 Å². The van der Waals surface area contributed by atoms with Crippen LogP contribution in [-0.2, 0) is 15.6 Å². The van der Waals surface area contributed by atoms with E-state index in [1.165, 1.54) is 20.4 Å². The highest BCUT2D eigenvalue weighted by Crippen LogP contribution is 2.37. The van der Waals surface area contributed by atoms with E-state index >= 15 is 0 Å². The van der Waals surface area contributed by atoms with Gasteiger partial charge in [-0.15, -0.1) is 22.7 Å². The number of rotatable bonds is 6. The Kier molecular flexibility index (Phi) is 3.99. The lowest BCUT2D eigenvalue weighted by Gasteiger charge is -2.07. The predicted octanol–water partition coefficient (Wildman–Crippen LogP) is 3.81. The minimum Gasteiger partial charge on any atom is -0.339 e. The molecule has 0 amide bonds. The van der Waals surface area contributed by atoms with Gasteiger partial charge in [-0.1, -0.05) is 0 Å². The molecule has 5 nitrogen and oxygen atoms in total. The summed E-state index contributed by atoms with van der Waals surface area (Å²) in [5.74, 6) is 0. The molecule has 0 spiro atoms. The minimum absolute atomic E-state index is 0.0884. The summed E-state index contributed by atoms with van der Waals surface area (Å²) in [4.78, 5) is 17.2. The van der Waals surface area contributed by atoms with Gasteiger partial charge < -0.3 is 14.4 Å². The fourth-order valence-electron chi connectivity index (χ4n) is 2.30. The van der Waals surface area contributed by atoms with Crippen molar-refractivity contribution >= 4 is 50.9 Å². The van der Waals surface area contributed by atoms with Gasteiger partial charge in [0.25, 0.3) is 0 Å². The molecule has 0 saturated carbocycles. The van der Waals surface area contributed by atoms with E-state index in [4.69, 9.17) is 9.79 Å². The highest BCUT2D eigenvalue weighted by atomic mass is 32.1. The third kappa shape index (κ3) is 2.83. The van der Waals surface area contributed by atoms with Gasteiger partial charge in [0.15, 0.2) is 0 Å². The summed E-state index contributed by atoms with van der Waals surface area (Å²) in [6, 6.07) is 4.25. The number of hydrogen-bond donors (Lipinski definition) is 2. The fraction of sp³-hybridized carbons (Fsp3) is 0.333. The molecule has 0 atom stereocenters. The number of aryl methyl sites for hydroxylation is 1. The van der Waals surface area contributed by atoms with Crippen LogP contribution >= 0.6 is 30.5 Å². The molecule has 0 aromatic carbocycles. The third-order valence-electron chi connectivity index (χ3n) is 3.11. The normalized spacial score (nSPS) is 12.7. The van der Waals surface area contributed by atoms with Crippen molar-refractivity contribution in [1.29, 1.82) is 0 Å². The molecule has 3 aromatic rings. The molecule has 0 saturated heterocycles. The number of phosphoric ester groups is 1. The van der Waals surface area contributed by atoms with Gasteiger partial charge in [0, 0.05) is 6.54 Å². The van der Waals surface area contributed by atoms with Crippen molar-refractivity contribution in [3.8, 4) is 0 Å². The molecule has 0 aliphatic heterocycles. The minimum atomic E-state index is -4.33. The predicted molar refractivity (Wildman–Crippen MR) is 82.4 cm³/mol. The van der Waals surface area contributed by atoms with Crippen molar-refractivity contribution in [2.45, 2.75) is 19.4 Å². The maximum Gasteiger partial charge on any atom is 0.469 e. The Hall–Kier alpha value is -0.690. The first-order chi connectivity index (χ1) is 9.56. The molecule has 3 aromatic heterocycles. The van der Waals surface area contributed by atoms with Crippen LogP contribution in [0.25, 0.3) is 20.4 Å². The van der Waals surface area contributed by atoms with Gasteiger partial charge >= 0.3 is 7.82 Å². The van der Waals surface area contributed by atoms with Gasteiger partial charge in [0.05, 0.1) is 27.0 Å². The van der Waals surface area contributed by atoms with E-state index in [1.54, 1.807) is 22.7 Å². The first-order valence-corrected chi connectivity index (χ1v) is 9.48. The SMILES string of the molecule is O=P(O)(O)OCCCCn1c2ccsc2c2sccc21. The van der Waals surface area contributed by atoms with Crippen LogP contribution in [0.4, 0.5) is 0 Å². The molecule has 0 radical (unpaired) electrons. The van der Waals surface area contributed by atoms with E-state index in [-0.39, 0.29) is 6.61 Å². The summed E-state index contributed by atoms with van der Waals surface area (Å²) in [6.45, 7) is 0.920. The summed E-state index contributed by atoms with van der Waals surface area (Å²) >= 11 is 3.50. The fourth-order valence-corrected chi connectivity index (χ4v) is 4.64. The van der Waals surface area contributed by atoms with Crippen LogP contribution in [0, 0.1) is 0 Å². The second kappa shape index (κ2) is 5.60. The summed E-state index contributed by atoms with van der Waals surface area (Å²) in [7, 11) is -4.33. The summed E-state index contributed by atoms with van der Waals surface area (Å²) < 4.78 is 19.9. The maximum absolute atomic E-state index is 10.6. The van der Waals surface area contributed by atoms with Crippen LogP contribution < -0.4 is 0 Å². The number of nitrogens with zero attached hydrogens (tertiary/aromatic N) is 1. The van der Waals surface area contributed by atoms with Gasteiger partial charge in [0.1, 0.15) is 0 Å². The highest BCUT2D eigenvalue weighted by molar-refractivity contribution is 7.46. The molecule has 0 aliphatic rings. The van der Waals surface area contributed by atoms with Crippen LogP contribution in [0.1, 0.15) is 12.8 Å². The molecule has 2 N–H and O–H groups in total. The van der Waals surface area contributed by atoms with Gasteiger partial charge in [-0.25, -0.2) is 4.57 Å². The van der Waals surface area contributed by atoms with Gasteiger partial charge in [-0.3, -0.25) is 4.52 Å². The monoisotopic (exact) mass is 331 g/mol. The van der Waals surface area contributed by atoms with E-state index in [0.29, 0.717) is 6.42 Å². The van der Waals surface area contributed by atoms with Crippen LogP contribution in [0.2, 0.25) is 0 Å². The molecule has 0 bridgehead atoms. The zero-order valence-corrected chi connectivity index (χ0v) is 13.1. The van der Waals surface area contributed by atoms with Crippen molar-refractivity contribution < 1.29 is 18.9 Å². The molecule has 8 heteroatoms. The van der Waals surface area contributed by atoms with E-state index < -0.39 is 7.82 Å². The number of hydrogen-bond acceptors (Lipinski definition) is 4. The molecule has 0 fully saturated rings. The number of unbranched alkanes of at least 4 members (excludes halogenated alkanes) is 1. The Balaban J connectivity index is 1.68. The van der Waals surface area contributed by atoms with Gasteiger partial charge in [-0.05, 0) is 35.7 Å². The van der Waals surface area contributed by atoms with Crippen LogP contribution in [0.15, 0.2) is 22.9 Å². The molecule has 0 aliphatic carbocycles. The van der Waals surface area contributed by atoms with Crippen LogP contribution in [0.3, 0.4) is 0 Å². The van der Waals surface area contributed by atoms with E-state index in [9.17, 15) is 4.57 Å². The molecular weight excluding hydrogens is 317 g/mol. The van der Waals surface area contributed by atoms with Crippen LogP contribution in [0.5, 0.6) is 0 Å². The van der Waals surface area contributed by atoms with Crippen molar-refractivity contribution in [3.63, 3.8) is 0 Å².